The number of fused-ring (bicyclic) bond motifs is 1. The second-order valence-electron chi connectivity index (χ2n) is 6.18. The highest BCUT2D eigenvalue weighted by Gasteiger charge is 2.22. The quantitative estimate of drug-likeness (QED) is 0.643. The van der Waals surface area contributed by atoms with Gasteiger partial charge in [-0.2, -0.15) is 10.5 Å². The molecular formula is C23H16N4S2. The zero-order chi connectivity index (χ0) is 20.2. The largest absolute Gasteiger partial charge is 0.335 e. The molecule has 0 fully saturated rings. The number of rotatable bonds is 3. The Labute approximate surface area is 177 Å². The van der Waals surface area contributed by atoms with Crippen molar-refractivity contribution in [3.63, 3.8) is 0 Å². The van der Waals surface area contributed by atoms with E-state index in [1.165, 1.54) is 21.9 Å². The lowest BCUT2D eigenvalue weighted by Crippen LogP contribution is -2.16. The highest BCUT2D eigenvalue weighted by molar-refractivity contribution is 8.03. The van der Waals surface area contributed by atoms with Crippen LogP contribution in [0.5, 0.6) is 0 Å². The molecule has 0 aliphatic carbocycles. The molecule has 0 saturated heterocycles. The van der Waals surface area contributed by atoms with E-state index in [-0.39, 0.29) is 5.57 Å². The molecule has 0 amide bonds. The summed E-state index contributed by atoms with van der Waals surface area (Å²) in [5, 5.41) is 19.6. The van der Waals surface area contributed by atoms with Crippen molar-refractivity contribution in [3.05, 3.63) is 74.9 Å². The Kier molecular flexibility index (Phi) is 5.48. The molecule has 3 aromatic rings. The highest BCUT2D eigenvalue weighted by atomic mass is 32.2. The number of allylic oxidation sites excluding steroid dienone is 1. The van der Waals surface area contributed by atoms with Crippen LogP contribution in [0.4, 0.5) is 5.69 Å². The fourth-order valence-corrected chi connectivity index (χ4v) is 5.19. The summed E-state index contributed by atoms with van der Waals surface area (Å²) in [6, 6.07) is 22.1. The smallest absolute Gasteiger partial charge is 0.165 e. The molecule has 1 aromatic heterocycles. The number of nitrogens with zero attached hydrogens (tertiary/aromatic N) is 4. The van der Waals surface area contributed by atoms with Gasteiger partial charge in [-0.05, 0) is 31.2 Å². The number of benzene rings is 2. The molecular weight excluding hydrogens is 396 g/mol. The number of nitriles is 2. The monoisotopic (exact) mass is 412 g/mol. The van der Waals surface area contributed by atoms with Gasteiger partial charge in [0.2, 0.25) is 0 Å². The first-order valence-electron chi connectivity index (χ1n) is 9.08. The third-order valence-electron chi connectivity index (χ3n) is 4.47. The molecule has 1 aliphatic heterocycles. The lowest BCUT2D eigenvalue weighted by Gasteiger charge is -2.17. The summed E-state index contributed by atoms with van der Waals surface area (Å²) in [5.74, 6) is 0. The molecule has 0 radical (unpaired) electrons. The van der Waals surface area contributed by atoms with Gasteiger partial charge >= 0.3 is 0 Å². The van der Waals surface area contributed by atoms with E-state index in [4.69, 9.17) is 0 Å². The lowest BCUT2D eigenvalue weighted by molar-refractivity contribution is 1.00. The minimum absolute atomic E-state index is 0.0392. The number of anilines is 1. The van der Waals surface area contributed by atoms with Gasteiger partial charge in [-0.1, -0.05) is 54.2 Å². The molecule has 0 unspecified atom stereocenters. The number of aromatic nitrogens is 1. The first-order valence-corrected chi connectivity index (χ1v) is 10.7. The fraction of sp³-hybridized carbons (Fsp3) is 0.0870. The van der Waals surface area contributed by atoms with E-state index in [9.17, 15) is 10.5 Å². The summed E-state index contributed by atoms with van der Waals surface area (Å²) in [4.78, 5) is 8.12. The van der Waals surface area contributed by atoms with E-state index in [1.54, 1.807) is 11.8 Å². The van der Waals surface area contributed by atoms with Crippen LogP contribution >= 0.6 is 23.1 Å². The molecule has 0 bridgehead atoms. The number of para-hydroxylation sites is 1. The molecule has 1 aliphatic rings. The van der Waals surface area contributed by atoms with Crippen LogP contribution in [-0.4, -0.2) is 11.5 Å². The van der Waals surface area contributed by atoms with E-state index < -0.39 is 0 Å². The number of hydrogen-bond donors (Lipinski definition) is 0. The Bertz CT molecular complexity index is 1280. The van der Waals surface area contributed by atoms with Crippen molar-refractivity contribution in [3.8, 4) is 23.4 Å². The zero-order valence-electron chi connectivity index (χ0n) is 15.7. The maximum Gasteiger partial charge on any atom is 0.165 e. The van der Waals surface area contributed by atoms with Crippen LogP contribution in [0.25, 0.3) is 22.9 Å². The second-order valence-corrected chi connectivity index (χ2v) is 8.28. The highest BCUT2D eigenvalue weighted by Crippen LogP contribution is 2.45. The first-order chi connectivity index (χ1) is 14.2. The summed E-state index contributed by atoms with van der Waals surface area (Å²) in [6.45, 7) is 3.02. The predicted octanol–water partition coefficient (Wildman–Crippen LogP) is 4.26. The average molecular weight is 413 g/mol. The summed E-state index contributed by atoms with van der Waals surface area (Å²) < 4.78 is 1.38. The Balaban J connectivity index is 1.86. The molecule has 140 valence electrons. The van der Waals surface area contributed by atoms with Crippen molar-refractivity contribution >= 4 is 40.4 Å². The number of hydrogen-bond acceptors (Lipinski definition) is 6. The van der Waals surface area contributed by atoms with Crippen molar-refractivity contribution < 1.29 is 0 Å². The molecule has 4 nitrogen and oxygen atoms in total. The number of thiazole rings is 1. The molecule has 0 N–H and O–H groups in total. The standard InChI is InChI=1S/C23H16N4S2/c1-2-27-18-10-6-7-11-19(18)28-21(27)13-12-20-22(16-8-4-3-5-9-16)26-23(29-20)17(14-24)15-25/h3-13H,2H2,1H3/b20-12+,21-13+. The Hall–Kier alpha value is -3.32. The Morgan fingerprint density at radius 2 is 1.76 bits per heavy atom. The first kappa shape index (κ1) is 19.0. The van der Waals surface area contributed by atoms with Crippen molar-refractivity contribution in [2.75, 3.05) is 11.4 Å². The van der Waals surface area contributed by atoms with Crippen LogP contribution in [0.15, 0.2) is 70.6 Å². The summed E-state index contributed by atoms with van der Waals surface area (Å²) >= 11 is 3.11. The third-order valence-corrected chi connectivity index (χ3v) is 6.64. The maximum atomic E-state index is 9.24. The van der Waals surface area contributed by atoms with Gasteiger partial charge in [-0.3, -0.25) is 0 Å². The molecule has 0 atom stereocenters. The van der Waals surface area contributed by atoms with Crippen LogP contribution in [0, 0.1) is 22.7 Å². The fourth-order valence-electron chi connectivity index (χ4n) is 3.13. The van der Waals surface area contributed by atoms with E-state index in [2.05, 4.69) is 47.1 Å². The second kappa shape index (κ2) is 8.36. The van der Waals surface area contributed by atoms with Gasteiger partial charge in [0.05, 0.1) is 20.9 Å². The molecule has 4 rings (SSSR count). The van der Waals surface area contributed by atoms with Gasteiger partial charge in [-0.25, -0.2) is 4.98 Å². The van der Waals surface area contributed by atoms with E-state index >= 15 is 0 Å². The van der Waals surface area contributed by atoms with E-state index in [1.807, 2.05) is 48.5 Å². The van der Waals surface area contributed by atoms with Crippen LogP contribution in [0.2, 0.25) is 0 Å². The van der Waals surface area contributed by atoms with Crippen molar-refractivity contribution in [2.24, 2.45) is 0 Å². The van der Waals surface area contributed by atoms with E-state index in [0.29, 0.717) is 4.66 Å². The molecule has 0 spiro atoms. The van der Waals surface area contributed by atoms with E-state index in [0.717, 1.165) is 27.4 Å². The summed E-state index contributed by atoms with van der Waals surface area (Å²) in [7, 11) is 0. The number of thioether (sulfide) groups is 1. The maximum absolute atomic E-state index is 9.24. The minimum Gasteiger partial charge on any atom is -0.335 e. The Morgan fingerprint density at radius 1 is 1.03 bits per heavy atom. The minimum atomic E-state index is 0.0392. The Morgan fingerprint density at radius 3 is 2.48 bits per heavy atom. The lowest BCUT2D eigenvalue weighted by atomic mass is 10.1. The molecule has 2 aromatic carbocycles. The SMILES string of the molecule is CCN1/C(=C\C=c2\sc(=C(C#N)C#N)nc2-c2ccccc2)Sc2ccccc21. The average Bonchev–Trinajstić information content (AvgIpc) is 3.35. The van der Waals surface area contributed by atoms with Gasteiger partial charge in [0.25, 0.3) is 0 Å². The normalized spacial score (nSPS) is 14.5. The van der Waals surface area contributed by atoms with Gasteiger partial charge in [0.1, 0.15) is 16.8 Å². The molecule has 0 saturated carbocycles. The van der Waals surface area contributed by atoms with Crippen LogP contribution < -0.4 is 14.1 Å². The topological polar surface area (TPSA) is 63.7 Å². The van der Waals surface area contributed by atoms with Crippen LogP contribution in [-0.2, 0) is 0 Å². The third kappa shape index (κ3) is 3.69. The predicted molar refractivity (Wildman–Crippen MR) is 119 cm³/mol. The van der Waals surface area contributed by atoms with Crippen molar-refractivity contribution in [1.29, 1.82) is 10.5 Å². The van der Waals surface area contributed by atoms with Crippen LogP contribution in [0.3, 0.4) is 0 Å². The van der Waals surface area contributed by atoms with Gasteiger partial charge < -0.3 is 4.90 Å². The summed E-state index contributed by atoms with van der Waals surface area (Å²) in [6.07, 6.45) is 4.13. The molecule has 6 heteroatoms. The van der Waals surface area contributed by atoms with Crippen LogP contribution in [0.1, 0.15) is 6.92 Å². The zero-order valence-corrected chi connectivity index (χ0v) is 17.3. The molecule has 29 heavy (non-hydrogen) atoms. The van der Waals surface area contributed by atoms with Gasteiger partial charge in [-0.15, -0.1) is 11.3 Å². The van der Waals surface area contributed by atoms with Crippen molar-refractivity contribution in [1.82, 2.24) is 4.98 Å². The van der Waals surface area contributed by atoms with Gasteiger partial charge in [0, 0.05) is 17.0 Å². The van der Waals surface area contributed by atoms with Gasteiger partial charge in [0.15, 0.2) is 5.57 Å². The molecule has 2 heterocycles. The summed E-state index contributed by atoms with van der Waals surface area (Å²) in [5.41, 5.74) is 3.01. The van der Waals surface area contributed by atoms with Crippen molar-refractivity contribution in [2.45, 2.75) is 11.8 Å².